The third-order valence-electron chi connectivity index (χ3n) is 1.62. The molecule has 0 unspecified atom stereocenters. The normalized spacial score (nSPS) is 9.50. The maximum atomic E-state index is 5.35. The minimum absolute atomic E-state index is 0. The lowest BCUT2D eigenvalue weighted by molar-refractivity contribution is 0.595. The Morgan fingerprint density at radius 1 is 0.750 bits per heavy atom. The van der Waals surface area contributed by atoms with Crippen LogP contribution in [0, 0.1) is 0 Å². The van der Waals surface area contributed by atoms with Gasteiger partial charge in [-0.25, -0.2) is 0 Å². The van der Waals surface area contributed by atoms with E-state index in [-0.39, 0.29) is 5.48 Å². The molecule has 0 heterocycles. The first-order chi connectivity index (χ1) is 5.41. The van der Waals surface area contributed by atoms with Crippen LogP contribution >= 0.6 is 0 Å². The van der Waals surface area contributed by atoms with E-state index >= 15 is 0 Å². The van der Waals surface area contributed by atoms with Gasteiger partial charge in [0.2, 0.25) is 0 Å². The molecule has 0 aromatic heterocycles. The second kappa shape index (κ2) is 13.4. The molecule has 0 spiro atoms. The molecule has 7 N–H and O–H groups in total. The molecule has 12 heavy (non-hydrogen) atoms. The van der Waals surface area contributed by atoms with Crippen LogP contribution in [0.3, 0.4) is 0 Å². The molecule has 0 aromatic rings. The Kier molecular flexibility index (Phi) is 16.1. The fourth-order valence-corrected chi connectivity index (χ4v) is 0.914. The minimum atomic E-state index is 0. The minimum Gasteiger partial charge on any atom is -0.412 e. The molecule has 76 valence electrons. The van der Waals surface area contributed by atoms with E-state index in [1.54, 1.807) is 0 Å². The summed E-state index contributed by atoms with van der Waals surface area (Å²) in [5.41, 5.74) is 10.7. The quantitative estimate of drug-likeness (QED) is 0.425. The fraction of sp³-hybridized carbons (Fsp3) is 1.00. The number of nitrogens with one attached hydrogen (secondary N) is 1. The second-order valence-electron chi connectivity index (χ2n) is 2.74. The van der Waals surface area contributed by atoms with E-state index in [4.69, 9.17) is 11.5 Å². The van der Waals surface area contributed by atoms with Gasteiger partial charge < -0.3 is 22.3 Å². The number of unbranched alkanes of at least 4 members (excludes halogenated alkanes) is 2. The molecule has 4 nitrogen and oxygen atoms in total. The van der Waals surface area contributed by atoms with Crippen molar-refractivity contribution in [2.75, 3.05) is 26.2 Å². The molecule has 0 aliphatic rings. The van der Waals surface area contributed by atoms with Gasteiger partial charge in [-0.2, -0.15) is 0 Å². The Bertz CT molecular complexity index is 63.3. The van der Waals surface area contributed by atoms with Gasteiger partial charge in [0.15, 0.2) is 0 Å². The molecule has 0 amide bonds. The van der Waals surface area contributed by atoms with Crippen molar-refractivity contribution in [1.29, 1.82) is 0 Å². The Balaban J connectivity index is 0. The summed E-state index contributed by atoms with van der Waals surface area (Å²) in [5, 5.41) is 3.34. The number of nitrogens with two attached hydrogens (primary N) is 2. The van der Waals surface area contributed by atoms with Gasteiger partial charge >= 0.3 is 0 Å². The van der Waals surface area contributed by atoms with E-state index in [0.29, 0.717) is 0 Å². The van der Waals surface area contributed by atoms with Gasteiger partial charge in [-0.3, -0.25) is 0 Å². The van der Waals surface area contributed by atoms with E-state index in [1.165, 1.54) is 12.8 Å². The van der Waals surface area contributed by atoms with Gasteiger partial charge in [0.25, 0.3) is 0 Å². The zero-order valence-electron chi connectivity index (χ0n) is 7.81. The van der Waals surface area contributed by atoms with Gasteiger partial charge in [-0.15, -0.1) is 0 Å². The Morgan fingerprint density at radius 2 is 1.17 bits per heavy atom. The molecule has 0 aliphatic carbocycles. The molecule has 0 aromatic carbocycles. The molecule has 0 bridgehead atoms. The van der Waals surface area contributed by atoms with E-state index in [0.717, 1.165) is 39.0 Å². The average Bonchev–Trinajstić information content (AvgIpc) is 2.03. The fourth-order valence-electron chi connectivity index (χ4n) is 0.914. The smallest absolute Gasteiger partial charge is 0.00484 e. The summed E-state index contributed by atoms with van der Waals surface area (Å²) in [6.45, 7) is 3.82. The second-order valence-corrected chi connectivity index (χ2v) is 2.74. The van der Waals surface area contributed by atoms with Crippen LogP contribution in [0.15, 0.2) is 0 Å². The van der Waals surface area contributed by atoms with Crippen molar-refractivity contribution in [1.82, 2.24) is 5.32 Å². The van der Waals surface area contributed by atoms with Gasteiger partial charge in [-0.1, -0.05) is 0 Å². The predicted octanol–water partition coefficient (Wildman–Crippen LogP) is -0.771. The van der Waals surface area contributed by atoms with Crippen molar-refractivity contribution in [2.24, 2.45) is 11.5 Å². The first kappa shape index (κ1) is 14.4. The van der Waals surface area contributed by atoms with E-state index in [9.17, 15) is 0 Å². The molecule has 0 saturated carbocycles. The van der Waals surface area contributed by atoms with E-state index in [1.807, 2.05) is 0 Å². The lowest BCUT2D eigenvalue weighted by Crippen LogP contribution is -2.18. The lowest BCUT2D eigenvalue weighted by atomic mass is 10.3. The topological polar surface area (TPSA) is 95.6 Å². The predicted molar refractivity (Wildman–Crippen MR) is 53.1 cm³/mol. The Labute approximate surface area is 75.0 Å². The summed E-state index contributed by atoms with van der Waals surface area (Å²) in [6.07, 6.45) is 4.64. The van der Waals surface area contributed by atoms with Crippen LogP contribution in [0.1, 0.15) is 25.7 Å². The number of rotatable bonds is 8. The standard InChI is InChI=1S/C8H21N3.H2O/c9-5-1-3-7-11-8-4-2-6-10;/h11H,1-10H2;1H2. The third kappa shape index (κ3) is 12.5. The van der Waals surface area contributed by atoms with Crippen LogP contribution in [0.25, 0.3) is 0 Å². The highest BCUT2D eigenvalue weighted by molar-refractivity contribution is 4.49. The zero-order chi connectivity index (χ0) is 8.36. The van der Waals surface area contributed by atoms with Gasteiger partial charge in [0.1, 0.15) is 0 Å². The van der Waals surface area contributed by atoms with Crippen LogP contribution in [0.5, 0.6) is 0 Å². The summed E-state index contributed by atoms with van der Waals surface area (Å²) in [6, 6.07) is 0. The Hall–Kier alpha value is -0.160. The van der Waals surface area contributed by atoms with Crippen LogP contribution < -0.4 is 16.8 Å². The SMILES string of the molecule is NCCCCNCCCCN.O. The Morgan fingerprint density at radius 3 is 1.50 bits per heavy atom. The highest BCUT2D eigenvalue weighted by Crippen LogP contribution is 1.85. The summed E-state index contributed by atoms with van der Waals surface area (Å²) in [4.78, 5) is 0. The molecule has 0 radical (unpaired) electrons. The molecule has 0 saturated heterocycles. The summed E-state index contributed by atoms with van der Waals surface area (Å²) < 4.78 is 0. The highest BCUT2D eigenvalue weighted by Gasteiger charge is 1.87. The maximum absolute atomic E-state index is 5.35. The van der Waals surface area contributed by atoms with Crippen molar-refractivity contribution >= 4 is 0 Å². The maximum Gasteiger partial charge on any atom is -0.00484 e. The van der Waals surface area contributed by atoms with Crippen LogP contribution in [-0.2, 0) is 0 Å². The van der Waals surface area contributed by atoms with Crippen molar-refractivity contribution in [3.63, 3.8) is 0 Å². The van der Waals surface area contributed by atoms with Crippen LogP contribution in [-0.4, -0.2) is 31.7 Å². The summed E-state index contributed by atoms with van der Waals surface area (Å²) in [7, 11) is 0. The van der Waals surface area contributed by atoms with Gasteiger partial charge in [0.05, 0.1) is 0 Å². The average molecular weight is 177 g/mol. The lowest BCUT2D eigenvalue weighted by Gasteiger charge is -2.02. The molecule has 0 aliphatic heterocycles. The summed E-state index contributed by atoms with van der Waals surface area (Å²) >= 11 is 0. The monoisotopic (exact) mass is 177 g/mol. The molecular formula is C8H23N3O. The van der Waals surface area contributed by atoms with Crippen molar-refractivity contribution in [3.05, 3.63) is 0 Å². The molecule has 0 atom stereocenters. The van der Waals surface area contributed by atoms with Crippen molar-refractivity contribution in [2.45, 2.75) is 25.7 Å². The third-order valence-corrected chi connectivity index (χ3v) is 1.62. The van der Waals surface area contributed by atoms with Crippen LogP contribution in [0.4, 0.5) is 0 Å². The van der Waals surface area contributed by atoms with E-state index in [2.05, 4.69) is 5.32 Å². The first-order valence-electron chi connectivity index (χ1n) is 4.52. The first-order valence-corrected chi connectivity index (χ1v) is 4.52. The zero-order valence-corrected chi connectivity index (χ0v) is 7.81. The van der Waals surface area contributed by atoms with Gasteiger partial charge in [-0.05, 0) is 51.9 Å². The highest BCUT2D eigenvalue weighted by atomic mass is 16.0. The van der Waals surface area contributed by atoms with Crippen molar-refractivity contribution in [3.8, 4) is 0 Å². The molecule has 4 heteroatoms. The van der Waals surface area contributed by atoms with Crippen LogP contribution in [0.2, 0.25) is 0 Å². The molecular weight excluding hydrogens is 154 g/mol. The molecule has 0 rings (SSSR count). The molecule has 0 fully saturated rings. The largest absolute Gasteiger partial charge is 0.412 e. The van der Waals surface area contributed by atoms with Gasteiger partial charge in [0, 0.05) is 0 Å². The summed E-state index contributed by atoms with van der Waals surface area (Å²) in [5.74, 6) is 0. The van der Waals surface area contributed by atoms with E-state index < -0.39 is 0 Å². The number of hydrogen-bond donors (Lipinski definition) is 3. The van der Waals surface area contributed by atoms with Crippen molar-refractivity contribution < 1.29 is 5.48 Å². The number of hydrogen-bond acceptors (Lipinski definition) is 3.